The minimum absolute atomic E-state index is 0.0225. The first-order chi connectivity index (χ1) is 9.78. The monoisotopic (exact) mass is 291 g/mol. The molecule has 0 fully saturated rings. The number of carbonyl (C=O) groups excluding carboxylic acids is 1. The van der Waals surface area contributed by atoms with Gasteiger partial charge in [-0.2, -0.15) is 0 Å². The van der Waals surface area contributed by atoms with Crippen LogP contribution in [-0.4, -0.2) is 18.3 Å². The van der Waals surface area contributed by atoms with Crippen LogP contribution in [0, 0.1) is 0 Å². The van der Waals surface area contributed by atoms with E-state index < -0.39 is 0 Å². The molecule has 0 radical (unpaired) electrons. The molecule has 0 unspecified atom stereocenters. The summed E-state index contributed by atoms with van der Waals surface area (Å²) in [7, 11) is 0. The number of rotatable bonds is 7. The van der Waals surface area contributed by atoms with Crippen molar-refractivity contribution in [2.75, 3.05) is 17.7 Å². The molecule has 1 aromatic carbocycles. The number of hydrogen-bond donors (Lipinski definition) is 1. The minimum Gasteiger partial charge on any atom is -0.494 e. The standard InChI is InChI=1S/C15H17NO3S/c1-2-18-13-7-5-12(6-8-13)16-15(17)11-20-10-14-4-3-9-19-14/h3-9H,2,10-11H2,1H3,(H,16,17). The van der Waals surface area contributed by atoms with Crippen molar-refractivity contribution < 1.29 is 13.9 Å². The van der Waals surface area contributed by atoms with Gasteiger partial charge in [-0.1, -0.05) is 0 Å². The summed E-state index contributed by atoms with van der Waals surface area (Å²) in [5.74, 6) is 2.75. The molecular formula is C15H17NO3S. The molecule has 1 amide bonds. The summed E-state index contributed by atoms with van der Waals surface area (Å²) >= 11 is 1.52. The van der Waals surface area contributed by atoms with Crippen LogP contribution in [-0.2, 0) is 10.5 Å². The lowest BCUT2D eigenvalue weighted by Crippen LogP contribution is -2.14. The Balaban J connectivity index is 1.73. The molecule has 0 saturated heterocycles. The molecule has 5 heteroatoms. The number of carbonyl (C=O) groups is 1. The van der Waals surface area contributed by atoms with Crippen LogP contribution in [0.25, 0.3) is 0 Å². The number of ether oxygens (including phenoxy) is 1. The Bertz CT molecular complexity index is 523. The molecular weight excluding hydrogens is 274 g/mol. The van der Waals surface area contributed by atoms with Gasteiger partial charge in [-0.15, -0.1) is 11.8 Å². The largest absolute Gasteiger partial charge is 0.494 e. The summed E-state index contributed by atoms with van der Waals surface area (Å²) in [5.41, 5.74) is 0.775. The molecule has 2 rings (SSSR count). The van der Waals surface area contributed by atoms with Crippen molar-refractivity contribution >= 4 is 23.4 Å². The number of benzene rings is 1. The van der Waals surface area contributed by atoms with E-state index in [-0.39, 0.29) is 5.91 Å². The molecule has 1 aromatic heterocycles. The van der Waals surface area contributed by atoms with Crippen LogP contribution in [0.5, 0.6) is 5.75 Å². The van der Waals surface area contributed by atoms with Gasteiger partial charge < -0.3 is 14.5 Å². The highest BCUT2D eigenvalue weighted by molar-refractivity contribution is 7.99. The van der Waals surface area contributed by atoms with E-state index in [0.29, 0.717) is 18.1 Å². The van der Waals surface area contributed by atoms with E-state index >= 15 is 0 Å². The number of thioether (sulfide) groups is 1. The average molecular weight is 291 g/mol. The molecule has 4 nitrogen and oxygen atoms in total. The summed E-state index contributed by atoms with van der Waals surface area (Å²) in [6.07, 6.45) is 1.63. The molecule has 1 heterocycles. The maximum atomic E-state index is 11.8. The fraction of sp³-hybridized carbons (Fsp3) is 0.267. The van der Waals surface area contributed by atoms with E-state index in [1.54, 1.807) is 6.26 Å². The van der Waals surface area contributed by atoms with Gasteiger partial charge in [0.2, 0.25) is 5.91 Å². The molecule has 0 aliphatic heterocycles. The maximum absolute atomic E-state index is 11.8. The lowest BCUT2D eigenvalue weighted by molar-refractivity contribution is -0.113. The number of furan rings is 1. The van der Waals surface area contributed by atoms with Crippen LogP contribution in [0.2, 0.25) is 0 Å². The second-order valence-electron chi connectivity index (χ2n) is 4.08. The first-order valence-corrected chi connectivity index (χ1v) is 7.56. The molecule has 0 aliphatic carbocycles. The summed E-state index contributed by atoms with van der Waals surface area (Å²) in [6, 6.07) is 11.1. The van der Waals surface area contributed by atoms with Gasteiger partial charge in [0.15, 0.2) is 0 Å². The fourth-order valence-corrected chi connectivity index (χ4v) is 2.36. The van der Waals surface area contributed by atoms with E-state index in [1.807, 2.05) is 43.3 Å². The quantitative estimate of drug-likeness (QED) is 0.847. The first kappa shape index (κ1) is 14.5. The van der Waals surface area contributed by atoms with Crippen LogP contribution in [0.1, 0.15) is 12.7 Å². The predicted octanol–water partition coefficient (Wildman–Crippen LogP) is 3.55. The molecule has 1 N–H and O–H groups in total. The molecule has 2 aromatic rings. The Morgan fingerprint density at radius 1 is 1.30 bits per heavy atom. The minimum atomic E-state index is -0.0225. The second-order valence-corrected chi connectivity index (χ2v) is 5.06. The Morgan fingerprint density at radius 3 is 2.75 bits per heavy atom. The smallest absolute Gasteiger partial charge is 0.234 e. The lowest BCUT2D eigenvalue weighted by Gasteiger charge is -2.06. The number of hydrogen-bond acceptors (Lipinski definition) is 4. The maximum Gasteiger partial charge on any atom is 0.234 e. The van der Waals surface area contributed by atoms with Crippen LogP contribution < -0.4 is 10.1 Å². The van der Waals surface area contributed by atoms with Crippen molar-refractivity contribution in [2.24, 2.45) is 0 Å². The molecule has 0 saturated carbocycles. The number of nitrogens with one attached hydrogen (secondary N) is 1. The molecule has 0 bridgehead atoms. The van der Waals surface area contributed by atoms with Crippen molar-refractivity contribution in [1.29, 1.82) is 0 Å². The van der Waals surface area contributed by atoms with E-state index in [0.717, 1.165) is 17.2 Å². The summed E-state index contributed by atoms with van der Waals surface area (Å²) in [4.78, 5) is 11.8. The summed E-state index contributed by atoms with van der Waals surface area (Å²) in [5, 5.41) is 2.85. The zero-order valence-electron chi connectivity index (χ0n) is 11.3. The Labute approximate surface area is 122 Å². The van der Waals surface area contributed by atoms with Gasteiger partial charge in [-0.25, -0.2) is 0 Å². The lowest BCUT2D eigenvalue weighted by atomic mass is 10.3. The van der Waals surface area contributed by atoms with E-state index in [2.05, 4.69) is 5.32 Å². The SMILES string of the molecule is CCOc1ccc(NC(=O)CSCc2ccco2)cc1. The van der Waals surface area contributed by atoms with Crippen molar-refractivity contribution in [3.05, 3.63) is 48.4 Å². The van der Waals surface area contributed by atoms with Gasteiger partial charge in [0.05, 0.1) is 24.4 Å². The highest BCUT2D eigenvalue weighted by Crippen LogP contribution is 2.17. The molecule has 106 valence electrons. The van der Waals surface area contributed by atoms with Crippen LogP contribution in [0.15, 0.2) is 47.1 Å². The molecule has 0 spiro atoms. The van der Waals surface area contributed by atoms with Gasteiger partial charge in [0.25, 0.3) is 0 Å². The third-order valence-electron chi connectivity index (χ3n) is 2.51. The van der Waals surface area contributed by atoms with Gasteiger partial charge in [0.1, 0.15) is 11.5 Å². The third-order valence-corrected chi connectivity index (χ3v) is 3.46. The van der Waals surface area contributed by atoms with E-state index in [1.165, 1.54) is 11.8 Å². The molecule has 0 aliphatic rings. The zero-order chi connectivity index (χ0) is 14.2. The summed E-state index contributed by atoms with van der Waals surface area (Å²) < 4.78 is 10.5. The van der Waals surface area contributed by atoms with Crippen LogP contribution in [0.4, 0.5) is 5.69 Å². The normalized spacial score (nSPS) is 10.2. The number of amides is 1. The van der Waals surface area contributed by atoms with E-state index in [9.17, 15) is 4.79 Å². The van der Waals surface area contributed by atoms with Gasteiger partial charge in [0, 0.05) is 5.69 Å². The Morgan fingerprint density at radius 2 is 2.10 bits per heavy atom. The van der Waals surface area contributed by atoms with Crippen molar-refractivity contribution in [3.63, 3.8) is 0 Å². The zero-order valence-corrected chi connectivity index (χ0v) is 12.1. The van der Waals surface area contributed by atoms with Gasteiger partial charge in [-0.05, 0) is 43.3 Å². The molecule has 20 heavy (non-hydrogen) atoms. The van der Waals surface area contributed by atoms with Crippen molar-refractivity contribution in [1.82, 2.24) is 0 Å². The third kappa shape index (κ3) is 4.66. The Hall–Kier alpha value is -1.88. The highest BCUT2D eigenvalue weighted by atomic mass is 32.2. The molecule has 0 atom stereocenters. The highest BCUT2D eigenvalue weighted by Gasteiger charge is 2.04. The van der Waals surface area contributed by atoms with Crippen LogP contribution >= 0.6 is 11.8 Å². The fourth-order valence-electron chi connectivity index (χ4n) is 1.64. The number of anilines is 1. The van der Waals surface area contributed by atoms with Gasteiger partial charge in [-0.3, -0.25) is 4.79 Å². The van der Waals surface area contributed by atoms with Crippen molar-refractivity contribution in [3.8, 4) is 5.75 Å². The first-order valence-electron chi connectivity index (χ1n) is 6.41. The predicted molar refractivity (Wildman–Crippen MR) is 81.1 cm³/mol. The van der Waals surface area contributed by atoms with E-state index in [4.69, 9.17) is 9.15 Å². The van der Waals surface area contributed by atoms with Crippen LogP contribution in [0.3, 0.4) is 0 Å². The Kier molecular flexibility index (Phi) is 5.55. The summed E-state index contributed by atoms with van der Waals surface area (Å²) in [6.45, 7) is 2.57. The topological polar surface area (TPSA) is 51.5 Å². The van der Waals surface area contributed by atoms with Crippen molar-refractivity contribution in [2.45, 2.75) is 12.7 Å². The van der Waals surface area contributed by atoms with Gasteiger partial charge >= 0.3 is 0 Å². The average Bonchev–Trinajstić information content (AvgIpc) is 2.94. The second kappa shape index (κ2) is 7.65.